The predicted molar refractivity (Wildman–Crippen MR) is 130 cm³/mol. The molecular weight excluding hydrogens is 473 g/mol. The predicted octanol–water partition coefficient (Wildman–Crippen LogP) is 3.77. The fraction of sp³-hybridized carbons (Fsp3) is 0.385. The van der Waals surface area contributed by atoms with Crippen molar-refractivity contribution in [1.82, 2.24) is 9.80 Å². The van der Waals surface area contributed by atoms with Gasteiger partial charge in [0, 0.05) is 47.4 Å². The minimum absolute atomic E-state index is 0.126. The summed E-state index contributed by atoms with van der Waals surface area (Å²) in [6.45, 7) is 8.88. The lowest BCUT2D eigenvalue weighted by atomic mass is 9.93. The zero-order valence-electron chi connectivity index (χ0n) is 20.0. The molecule has 3 aliphatic rings. The maximum absolute atomic E-state index is 14.9. The van der Waals surface area contributed by atoms with Gasteiger partial charge in [-0.1, -0.05) is 18.7 Å². The number of ether oxygens (including phenoxy) is 1. The number of halogens is 3. The lowest BCUT2D eigenvalue weighted by Crippen LogP contribution is -2.60. The zero-order chi connectivity index (χ0) is 25.7. The summed E-state index contributed by atoms with van der Waals surface area (Å²) in [5.41, 5.74) is 0.690. The number of amidine groups is 1. The van der Waals surface area contributed by atoms with Crippen molar-refractivity contribution in [3.05, 3.63) is 59.9 Å². The Bertz CT molecular complexity index is 1250. The molecule has 0 aromatic heterocycles. The lowest BCUT2D eigenvalue weighted by molar-refractivity contribution is -0.130. The third-order valence-corrected chi connectivity index (χ3v) is 7.02. The van der Waals surface area contributed by atoms with E-state index in [0.717, 1.165) is 6.07 Å². The number of rotatable bonds is 3. The largest absolute Gasteiger partial charge is 0.489 e. The molecule has 3 heterocycles. The maximum Gasteiger partial charge on any atom is 0.264 e. The molecule has 2 aromatic carbocycles. The molecule has 1 N–H and O–H groups in total. The van der Waals surface area contributed by atoms with Crippen LogP contribution in [0.25, 0.3) is 11.1 Å². The molecule has 3 atom stereocenters. The highest BCUT2D eigenvalue weighted by molar-refractivity contribution is 6.08. The fourth-order valence-electron chi connectivity index (χ4n) is 5.30. The second-order valence-corrected chi connectivity index (χ2v) is 9.23. The number of aliphatic hydroxyl groups excluding tert-OH is 1. The first-order valence-electron chi connectivity index (χ1n) is 11.8. The zero-order valence-corrected chi connectivity index (χ0v) is 20.0. The molecular formula is C26H27F3N4O3. The van der Waals surface area contributed by atoms with E-state index in [4.69, 9.17) is 4.74 Å². The molecule has 36 heavy (non-hydrogen) atoms. The minimum Gasteiger partial charge on any atom is -0.489 e. The molecule has 2 aromatic rings. The number of carbonyl (C=O) groups excluding carboxylic acids is 1. The van der Waals surface area contributed by atoms with Crippen LogP contribution in [0.1, 0.15) is 31.4 Å². The van der Waals surface area contributed by atoms with Gasteiger partial charge in [0.1, 0.15) is 18.3 Å². The van der Waals surface area contributed by atoms with Gasteiger partial charge in [0.15, 0.2) is 5.75 Å². The van der Waals surface area contributed by atoms with Crippen LogP contribution in [-0.4, -0.2) is 71.3 Å². The van der Waals surface area contributed by atoms with Crippen molar-refractivity contribution in [3.63, 3.8) is 0 Å². The molecule has 190 valence electrons. The molecule has 0 radical (unpaired) electrons. The third-order valence-electron chi connectivity index (χ3n) is 7.02. The molecule has 3 aliphatic heterocycles. The van der Waals surface area contributed by atoms with Gasteiger partial charge >= 0.3 is 0 Å². The van der Waals surface area contributed by atoms with E-state index in [1.54, 1.807) is 21.9 Å². The Morgan fingerprint density at radius 2 is 1.92 bits per heavy atom. The normalized spacial score (nSPS) is 23.2. The Morgan fingerprint density at radius 1 is 1.17 bits per heavy atom. The van der Waals surface area contributed by atoms with Crippen molar-refractivity contribution in [2.75, 3.05) is 31.1 Å². The van der Waals surface area contributed by atoms with Crippen molar-refractivity contribution < 1.29 is 27.8 Å². The molecule has 1 unspecified atom stereocenters. The standard InChI is InChI=1S/C26H27F3N4O3/c1-4-20(34)32-12-15(3)33(13-14(32)2)25-18-9-8-16(21-17(24(28)29)6-5-7-19(21)27)23-22(18)31(10-11-36-23)26(35)30-25/h4-9,14-15,24,26,35H,1,10-13H2,2-3H3/t14-,15+,26?/m1/s1. The van der Waals surface area contributed by atoms with E-state index in [-0.39, 0.29) is 41.5 Å². The monoisotopic (exact) mass is 500 g/mol. The number of benzene rings is 2. The maximum atomic E-state index is 14.9. The van der Waals surface area contributed by atoms with Crippen LogP contribution < -0.4 is 9.64 Å². The summed E-state index contributed by atoms with van der Waals surface area (Å²) in [6, 6.07) is 6.61. The van der Waals surface area contributed by atoms with Crippen molar-refractivity contribution in [1.29, 1.82) is 0 Å². The molecule has 0 spiro atoms. The first-order chi connectivity index (χ1) is 17.2. The number of anilines is 1. The fourth-order valence-corrected chi connectivity index (χ4v) is 5.30. The Hall–Kier alpha value is -3.53. The summed E-state index contributed by atoms with van der Waals surface area (Å²) in [6.07, 6.45) is -2.81. The Morgan fingerprint density at radius 3 is 2.64 bits per heavy atom. The van der Waals surface area contributed by atoms with Gasteiger partial charge < -0.3 is 24.5 Å². The highest BCUT2D eigenvalue weighted by Gasteiger charge is 2.40. The number of piperazine rings is 1. The van der Waals surface area contributed by atoms with Crippen molar-refractivity contribution in [2.45, 2.75) is 38.7 Å². The number of aliphatic imine (C=N–C) groups is 1. The van der Waals surface area contributed by atoms with Gasteiger partial charge in [-0.3, -0.25) is 4.79 Å². The van der Waals surface area contributed by atoms with Crippen molar-refractivity contribution in [2.24, 2.45) is 4.99 Å². The number of carbonyl (C=O) groups is 1. The van der Waals surface area contributed by atoms with E-state index >= 15 is 0 Å². The van der Waals surface area contributed by atoms with Crippen LogP contribution >= 0.6 is 0 Å². The van der Waals surface area contributed by atoms with E-state index in [1.807, 2.05) is 18.7 Å². The summed E-state index contributed by atoms with van der Waals surface area (Å²) in [7, 11) is 0. The van der Waals surface area contributed by atoms with E-state index < -0.39 is 24.2 Å². The van der Waals surface area contributed by atoms with Crippen molar-refractivity contribution in [3.8, 4) is 16.9 Å². The van der Waals surface area contributed by atoms with Crippen LogP contribution in [-0.2, 0) is 4.79 Å². The summed E-state index contributed by atoms with van der Waals surface area (Å²) in [5, 5.41) is 10.9. The molecule has 5 rings (SSSR count). The van der Waals surface area contributed by atoms with Crippen LogP contribution in [0.5, 0.6) is 5.75 Å². The van der Waals surface area contributed by atoms with Crippen molar-refractivity contribution >= 4 is 17.4 Å². The Labute approximate surface area is 207 Å². The van der Waals surface area contributed by atoms with E-state index in [9.17, 15) is 23.1 Å². The van der Waals surface area contributed by atoms with Gasteiger partial charge in [0.05, 0.1) is 12.2 Å². The molecule has 1 amide bonds. The summed E-state index contributed by atoms with van der Waals surface area (Å²) < 4.78 is 48.4. The topological polar surface area (TPSA) is 68.6 Å². The highest BCUT2D eigenvalue weighted by atomic mass is 19.3. The van der Waals surface area contributed by atoms with Gasteiger partial charge in [0.2, 0.25) is 12.3 Å². The number of hydrogen-bond acceptors (Lipinski definition) is 6. The third kappa shape index (κ3) is 3.80. The number of aliphatic hydroxyl groups is 1. The highest BCUT2D eigenvalue weighted by Crippen LogP contribution is 2.48. The number of hydrogen-bond donors (Lipinski definition) is 1. The second-order valence-electron chi connectivity index (χ2n) is 9.23. The van der Waals surface area contributed by atoms with Crippen LogP contribution in [0, 0.1) is 5.82 Å². The Balaban J connectivity index is 1.62. The Kier molecular flexibility index (Phi) is 6.15. The van der Waals surface area contributed by atoms with E-state index in [1.165, 1.54) is 18.2 Å². The smallest absolute Gasteiger partial charge is 0.264 e. The van der Waals surface area contributed by atoms with Gasteiger partial charge in [0.25, 0.3) is 6.43 Å². The molecule has 0 aliphatic carbocycles. The van der Waals surface area contributed by atoms with Gasteiger partial charge in [-0.25, -0.2) is 18.2 Å². The molecule has 7 nitrogen and oxygen atoms in total. The van der Waals surface area contributed by atoms with Crippen LogP contribution in [0.15, 0.2) is 48.0 Å². The minimum atomic E-state index is -2.88. The van der Waals surface area contributed by atoms with Crippen LogP contribution in [0.4, 0.5) is 18.9 Å². The van der Waals surface area contributed by atoms with E-state index in [2.05, 4.69) is 11.6 Å². The average molecular weight is 501 g/mol. The summed E-state index contributed by atoms with van der Waals surface area (Å²) in [5.74, 6) is -0.181. The number of nitrogens with zero attached hydrogens (tertiary/aromatic N) is 4. The van der Waals surface area contributed by atoms with Gasteiger partial charge in [-0.15, -0.1) is 0 Å². The van der Waals surface area contributed by atoms with Crippen LogP contribution in [0.2, 0.25) is 0 Å². The second kappa shape index (κ2) is 9.16. The molecule has 10 heteroatoms. The summed E-state index contributed by atoms with van der Waals surface area (Å²) >= 11 is 0. The van der Waals surface area contributed by atoms with Crippen LogP contribution in [0.3, 0.4) is 0 Å². The summed E-state index contributed by atoms with van der Waals surface area (Å²) in [4.78, 5) is 22.2. The SMILES string of the molecule is C=CC(=O)N1C[C@H](C)N(C2=NC(O)N3CCOc4c(-c5c(F)cccc5C(F)F)ccc2c43)C[C@H]1C. The first-order valence-corrected chi connectivity index (χ1v) is 11.8. The quantitative estimate of drug-likeness (QED) is 0.650. The first kappa shape index (κ1) is 24.2. The number of amides is 1. The molecule has 1 fully saturated rings. The van der Waals surface area contributed by atoms with E-state index in [0.29, 0.717) is 36.7 Å². The average Bonchev–Trinajstić information content (AvgIpc) is 2.86. The van der Waals surface area contributed by atoms with Gasteiger partial charge in [-0.05, 0) is 38.1 Å². The molecule has 0 bridgehead atoms. The van der Waals surface area contributed by atoms with Gasteiger partial charge in [-0.2, -0.15) is 0 Å². The molecule has 1 saturated heterocycles. The number of alkyl halides is 2. The lowest BCUT2D eigenvalue weighted by Gasteiger charge is -2.47. The molecule has 0 saturated carbocycles.